The van der Waals surface area contributed by atoms with Gasteiger partial charge >= 0.3 is 0 Å². The van der Waals surface area contributed by atoms with Crippen LogP contribution in [0.25, 0.3) is 0 Å². The van der Waals surface area contributed by atoms with E-state index in [1.807, 2.05) is 24.3 Å². The van der Waals surface area contributed by atoms with Crippen LogP contribution in [0.5, 0.6) is 0 Å². The molecule has 14 heavy (non-hydrogen) atoms. The van der Waals surface area contributed by atoms with Crippen LogP contribution in [0.1, 0.15) is 12.0 Å². The van der Waals surface area contributed by atoms with Crippen molar-refractivity contribution >= 4 is 21.7 Å². The Labute approximate surface area is 91.8 Å². The van der Waals surface area contributed by atoms with E-state index in [9.17, 15) is 4.79 Å². The number of hydrogen-bond donors (Lipinski definition) is 1. The summed E-state index contributed by atoms with van der Waals surface area (Å²) in [4.78, 5) is 11.6. The van der Waals surface area contributed by atoms with Gasteiger partial charge in [-0.3, -0.25) is 4.79 Å². The van der Waals surface area contributed by atoms with Gasteiger partial charge in [-0.2, -0.15) is 0 Å². The lowest BCUT2D eigenvalue weighted by Gasteiger charge is -2.26. The van der Waals surface area contributed by atoms with E-state index in [0.29, 0.717) is 12.2 Å². The molecule has 1 unspecified atom stereocenters. The minimum atomic E-state index is 0.110. The summed E-state index contributed by atoms with van der Waals surface area (Å²) >= 11 is 3.37. The summed E-state index contributed by atoms with van der Waals surface area (Å²) in [6.07, 6.45) is 1.54. The van der Waals surface area contributed by atoms with Gasteiger partial charge < -0.3 is 5.32 Å². The third kappa shape index (κ3) is 2.22. The lowest BCUT2D eigenvalue weighted by atomic mass is 9.97. The number of ketones is 1. The maximum Gasteiger partial charge on any atom is 0.154 e. The number of benzene rings is 1. The lowest BCUT2D eigenvalue weighted by Crippen LogP contribution is -2.49. The van der Waals surface area contributed by atoms with Crippen molar-refractivity contribution < 1.29 is 4.79 Å². The number of halogens is 1. The summed E-state index contributed by atoms with van der Waals surface area (Å²) in [6, 6.07) is 8.02. The normalized spacial score (nSPS) is 20.2. The van der Waals surface area contributed by atoms with Crippen LogP contribution in [0.2, 0.25) is 0 Å². The molecule has 1 fully saturated rings. The molecule has 1 heterocycles. The number of rotatable bonds is 3. The fourth-order valence-electron chi connectivity index (χ4n) is 1.49. The summed E-state index contributed by atoms with van der Waals surface area (Å²) in [5.41, 5.74) is 1.09. The molecule has 1 aliphatic rings. The summed E-state index contributed by atoms with van der Waals surface area (Å²) in [5.74, 6) is 0.304. The monoisotopic (exact) mass is 253 g/mol. The zero-order valence-electron chi connectivity index (χ0n) is 7.79. The first-order valence-corrected chi connectivity index (χ1v) is 5.55. The molecule has 0 saturated carbocycles. The van der Waals surface area contributed by atoms with Crippen molar-refractivity contribution in [3.05, 3.63) is 34.3 Å². The van der Waals surface area contributed by atoms with Crippen molar-refractivity contribution in [1.82, 2.24) is 5.32 Å². The number of carbonyl (C=O) groups excluding carboxylic acids is 1. The van der Waals surface area contributed by atoms with E-state index < -0.39 is 0 Å². The average Bonchev–Trinajstić information content (AvgIpc) is 2.06. The molecule has 1 N–H and O–H groups in total. The number of carbonyl (C=O) groups is 1. The Kier molecular flexibility index (Phi) is 2.99. The second-order valence-corrected chi connectivity index (χ2v) is 4.48. The molecule has 0 bridgehead atoms. The van der Waals surface area contributed by atoms with Gasteiger partial charge in [0.15, 0.2) is 5.78 Å². The summed E-state index contributed by atoms with van der Waals surface area (Å²) < 4.78 is 1.05. The quantitative estimate of drug-likeness (QED) is 0.892. The molecule has 1 aromatic rings. The Balaban J connectivity index is 1.96. The summed E-state index contributed by atoms with van der Waals surface area (Å²) in [7, 11) is 0. The molecular formula is C11H12BrNO. The van der Waals surface area contributed by atoms with Gasteiger partial charge in [-0.25, -0.2) is 0 Å². The highest BCUT2D eigenvalue weighted by Crippen LogP contribution is 2.13. The van der Waals surface area contributed by atoms with E-state index in [1.54, 1.807) is 0 Å². The average molecular weight is 254 g/mol. The van der Waals surface area contributed by atoms with E-state index >= 15 is 0 Å². The smallest absolute Gasteiger partial charge is 0.154 e. The largest absolute Gasteiger partial charge is 0.307 e. The van der Waals surface area contributed by atoms with Crippen LogP contribution in [0.4, 0.5) is 0 Å². The van der Waals surface area contributed by atoms with Crippen molar-refractivity contribution in [2.75, 3.05) is 6.54 Å². The Morgan fingerprint density at radius 3 is 2.57 bits per heavy atom. The first-order chi connectivity index (χ1) is 6.75. The molecule has 1 aliphatic heterocycles. The van der Waals surface area contributed by atoms with Crippen molar-refractivity contribution in [3.8, 4) is 0 Å². The van der Waals surface area contributed by atoms with Gasteiger partial charge in [0, 0.05) is 10.9 Å². The predicted octanol–water partition coefficient (Wildman–Crippen LogP) is 1.92. The van der Waals surface area contributed by atoms with Crippen LogP contribution in [-0.4, -0.2) is 18.4 Å². The SMILES string of the molecule is O=C(Cc1ccc(Br)cc1)C1CCN1. The van der Waals surface area contributed by atoms with Gasteiger partial charge in [0.05, 0.1) is 6.04 Å². The highest BCUT2D eigenvalue weighted by Gasteiger charge is 2.23. The Hall–Kier alpha value is -0.670. The second-order valence-electron chi connectivity index (χ2n) is 3.56. The van der Waals surface area contributed by atoms with E-state index in [2.05, 4.69) is 21.2 Å². The molecule has 74 valence electrons. The van der Waals surface area contributed by atoms with Gasteiger partial charge in [-0.05, 0) is 30.7 Å². The van der Waals surface area contributed by atoms with Gasteiger partial charge in [-0.1, -0.05) is 28.1 Å². The summed E-state index contributed by atoms with van der Waals surface area (Å²) in [6.45, 7) is 0.983. The molecule has 0 amide bonds. The third-order valence-electron chi connectivity index (χ3n) is 2.50. The van der Waals surface area contributed by atoms with Crippen molar-refractivity contribution in [1.29, 1.82) is 0 Å². The minimum Gasteiger partial charge on any atom is -0.307 e. The molecular weight excluding hydrogens is 242 g/mol. The number of hydrogen-bond acceptors (Lipinski definition) is 2. The van der Waals surface area contributed by atoms with E-state index in [1.165, 1.54) is 0 Å². The lowest BCUT2D eigenvalue weighted by molar-refractivity contribution is -0.121. The molecule has 3 heteroatoms. The predicted molar refractivity (Wildman–Crippen MR) is 59.3 cm³/mol. The Morgan fingerprint density at radius 2 is 2.07 bits per heavy atom. The zero-order chi connectivity index (χ0) is 9.97. The Morgan fingerprint density at radius 1 is 1.43 bits per heavy atom. The highest BCUT2D eigenvalue weighted by molar-refractivity contribution is 9.10. The second kappa shape index (κ2) is 4.24. The molecule has 0 aromatic heterocycles. The molecule has 1 atom stereocenters. The van der Waals surface area contributed by atoms with E-state index in [0.717, 1.165) is 23.0 Å². The van der Waals surface area contributed by atoms with Gasteiger partial charge in [0.25, 0.3) is 0 Å². The zero-order valence-corrected chi connectivity index (χ0v) is 9.38. The van der Waals surface area contributed by atoms with Crippen LogP contribution < -0.4 is 5.32 Å². The molecule has 0 radical (unpaired) electrons. The highest BCUT2D eigenvalue weighted by atomic mass is 79.9. The van der Waals surface area contributed by atoms with Crippen molar-refractivity contribution in [2.45, 2.75) is 18.9 Å². The molecule has 2 rings (SSSR count). The van der Waals surface area contributed by atoms with Crippen LogP contribution >= 0.6 is 15.9 Å². The summed E-state index contributed by atoms with van der Waals surface area (Å²) in [5, 5.41) is 3.12. The first kappa shape index (κ1) is 9.87. The maximum atomic E-state index is 11.6. The Bertz CT molecular complexity index is 330. The van der Waals surface area contributed by atoms with Crippen LogP contribution in [0.3, 0.4) is 0 Å². The molecule has 1 saturated heterocycles. The van der Waals surface area contributed by atoms with Crippen molar-refractivity contribution in [3.63, 3.8) is 0 Å². The molecule has 2 nitrogen and oxygen atoms in total. The van der Waals surface area contributed by atoms with E-state index in [-0.39, 0.29) is 6.04 Å². The van der Waals surface area contributed by atoms with Gasteiger partial charge in [0.1, 0.15) is 0 Å². The number of nitrogens with one attached hydrogen (secondary N) is 1. The topological polar surface area (TPSA) is 29.1 Å². The minimum absolute atomic E-state index is 0.110. The molecule has 1 aromatic carbocycles. The first-order valence-electron chi connectivity index (χ1n) is 4.76. The molecule has 0 spiro atoms. The van der Waals surface area contributed by atoms with Crippen LogP contribution in [0.15, 0.2) is 28.7 Å². The van der Waals surface area contributed by atoms with Crippen LogP contribution in [0, 0.1) is 0 Å². The number of Topliss-reactive ketones (excluding diaryl/α,β-unsaturated/α-hetero) is 1. The fraction of sp³-hybridized carbons (Fsp3) is 0.364. The standard InChI is InChI=1S/C11H12BrNO/c12-9-3-1-8(2-4-9)7-11(14)10-5-6-13-10/h1-4,10,13H,5-7H2. The fourth-order valence-corrected chi connectivity index (χ4v) is 1.75. The van der Waals surface area contributed by atoms with Crippen LogP contribution in [-0.2, 0) is 11.2 Å². The van der Waals surface area contributed by atoms with Crippen molar-refractivity contribution in [2.24, 2.45) is 0 Å². The van der Waals surface area contributed by atoms with Gasteiger partial charge in [0.2, 0.25) is 0 Å². The molecule has 0 aliphatic carbocycles. The third-order valence-corrected chi connectivity index (χ3v) is 3.03. The maximum absolute atomic E-state index is 11.6. The van der Waals surface area contributed by atoms with E-state index in [4.69, 9.17) is 0 Å². The van der Waals surface area contributed by atoms with Gasteiger partial charge in [-0.15, -0.1) is 0 Å².